The summed E-state index contributed by atoms with van der Waals surface area (Å²) in [5.41, 5.74) is 2.06. The Labute approximate surface area is 202 Å². The number of fused-ring (bicyclic) bond motifs is 1. The summed E-state index contributed by atoms with van der Waals surface area (Å²) in [6.07, 6.45) is 1.56. The molecule has 35 heavy (non-hydrogen) atoms. The number of rotatable bonds is 7. The zero-order valence-corrected chi connectivity index (χ0v) is 19.1. The monoisotopic (exact) mass is 505 g/mol. The van der Waals surface area contributed by atoms with Crippen molar-refractivity contribution in [2.45, 2.75) is 24.8 Å². The number of carbonyl (C=O) groups is 1. The molecule has 2 unspecified atom stereocenters. The highest BCUT2D eigenvalue weighted by Gasteiger charge is 2.36. The second kappa shape index (κ2) is 9.67. The second-order valence-corrected chi connectivity index (χ2v) is 8.62. The SMILES string of the molecule is CC(F)(F)C(=O)NC(CO)C(c1cc(F)cc(Cl)c1)c1ccc2c(cnn2-c2ccc(F)cc2)c1. The molecule has 4 rings (SSSR count). The first-order valence-electron chi connectivity index (χ1n) is 10.6. The number of benzene rings is 3. The van der Waals surface area contributed by atoms with Crippen LogP contribution in [0.25, 0.3) is 16.6 Å². The van der Waals surface area contributed by atoms with Crippen molar-refractivity contribution in [2.24, 2.45) is 0 Å². The van der Waals surface area contributed by atoms with E-state index in [-0.39, 0.29) is 16.4 Å². The van der Waals surface area contributed by atoms with Crippen LogP contribution in [0.2, 0.25) is 5.02 Å². The van der Waals surface area contributed by atoms with Gasteiger partial charge in [-0.15, -0.1) is 0 Å². The zero-order chi connectivity index (χ0) is 25.3. The van der Waals surface area contributed by atoms with Crippen LogP contribution >= 0.6 is 11.6 Å². The van der Waals surface area contributed by atoms with Crippen molar-refractivity contribution >= 4 is 28.4 Å². The summed E-state index contributed by atoms with van der Waals surface area (Å²) in [7, 11) is 0. The van der Waals surface area contributed by atoms with Gasteiger partial charge in [-0.05, 0) is 65.7 Å². The van der Waals surface area contributed by atoms with Crippen molar-refractivity contribution in [3.05, 3.63) is 94.6 Å². The van der Waals surface area contributed by atoms with Gasteiger partial charge >= 0.3 is 5.92 Å². The molecule has 0 saturated heterocycles. The van der Waals surface area contributed by atoms with Gasteiger partial charge in [-0.1, -0.05) is 17.7 Å². The third-order valence-electron chi connectivity index (χ3n) is 5.58. The number of nitrogens with zero attached hydrogens (tertiary/aromatic N) is 2. The topological polar surface area (TPSA) is 67.2 Å². The Kier molecular flexibility index (Phi) is 6.82. The van der Waals surface area contributed by atoms with Crippen molar-refractivity contribution in [1.82, 2.24) is 15.1 Å². The first kappa shape index (κ1) is 24.7. The van der Waals surface area contributed by atoms with Crippen molar-refractivity contribution in [3.63, 3.8) is 0 Å². The normalized spacial score (nSPS) is 13.6. The van der Waals surface area contributed by atoms with Crippen LogP contribution in [-0.4, -0.2) is 39.4 Å². The van der Waals surface area contributed by atoms with Crippen LogP contribution in [0.5, 0.6) is 0 Å². The van der Waals surface area contributed by atoms with Crippen LogP contribution in [0, 0.1) is 11.6 Å². The first-order chi connectivity index (χ1) is 16.6. The third kappa shape index (κ3) is 5.31. The number of aromatic nitrogens is 2. The third-order valence-corrected chi connectivity index (χ3v) is 5.80. The molecule has 1 amide bonds. The number of hydrogen-bond donors (Lipinski definition) is 2. The lowest BCUT2D eigenvalue weighted by atomic mass is 9.84. The fourth-order valence-electron chi connectivity index (χ4n) is 3.97. The summed E-state index contributed by atoms with van der Waals surface area (Å²) in [4.78, 5) is 12.0. The molecular weight excluding hydrogens is 486 g/mol. The van der Waals surface area contributed by atoms with Gasteiger partial charge in [-0.2, -0.15) is 13.9 Å². The van der Waals surface area contributed by atoms with E-state index in [2.05, 4.69) is 10.4 Å². The van der Waals surface area contributed by atoms with E-state index in [1.807, 2.05) is 0 Å². The molecule has 0 saturated carbocycles. The van der Waals surface area contributed by atoms with Gasteiger partial charge in [0.15, 0.2) is 0 Å². The Morgan fingerprint density at radius 2 is 1.77 bits per heavy atom. The van der Waals surface area contributed by atoms with E-state index in [1.54, 1.807) is 41.2 Å². The van der Waals surface area contributed by atoms with Gasteiger partial charge in [0.05, 0.1) is 30.0 Å². The highest BCUT2D eigenvalue weighted by atomic mass is 35.5. The van der Waals surface area contributed by atoms with Crippen molar-refractivity contribution < 1.29 is 27.5 Å². The summed E-state index contributed by atoms with van der Waals surface area (Å²) in [6.45, 7) is -0.256. The molecule has 3 aromatic carbocycles. The van der Waals surface area contributed by atoms with E-state index < -0.39 is 36.2 Å². The van der Waals surface area contributed by atoms with Gasteiger partial charge in [0.2, 0.25) is 0 Å². The number of hydrogen-bond acceptors (Lipinski definition) is 3. The molecule has 2 atom stereocenters. The predicted octanol–water partition coefficient (Wildman–Crippen LogP) is 5.22. The lowest BCUT2D eigenvalue weighted by molar-refractivity contribution is -0.144. The Morgan fingerprint density at radius 3 is 2.40 bits per heavy atom. The van der Waals surface area contributed by atoms with Crippen molar-refractivity contribution in [1.29, 1.82) is 0 Å². The maximum absolute atomic E-state index is 14.2. The number of carbonyl (C=O) groups excluding carboxylic acids is 1. The lowest BCUT2D eigenvalue weighted by Crippen LogP contribution is -2.48. The van der Waals surface area contributed by atoms with Gasteiger partial charge in [0.1, 0.15) is 11.6 Å². The van der Waals surface area contributed by atoms with Gasteiger partial charge in [-0.3, -0.25) is 4.79 Å². The smallest absolute Gasteiger partial charge is 0.321 e. The Balaban J connectivity index is 1.81. The quantitative estimate of drug-likeness (QED) is 0.338. The Bertz CT molecular complexity index is 1350. The van der Waals surface area contributed by atoms with Crippen molar-refractivity contribution in [2.75, 3.05) is 6.61 Å². The van der Waals surface area contributed by atoms with E-state index >= 15 is 0 Å². The van der Waals surface area contributed by atoms with Gasteiger partial charge in [0, 0.05) is 23.3 Å². The number of aliphatic hydroxyl groups is 1. The molecule has 4 aromatic rings. The minimum absolute atomic E-state index is 0.0686. The fourth-order valence-corrected chi connectivity index (χ4v) is 4.20. The highest BCUT2D eigenvalue weighted by molar-refractivity contribution is 6.30. The maximum atomic E-state index is 14.2. The van der Waals surface area contributed by atoms with Crippen molar-refractivity contribution in [3.8, 4) is 5.69 Å². The van der Waals surface area contributed by atoms with Crippen LogP contribution in [0.4, 0.5) is 17.6 Å². The first-order valence-corrected chi connectivity index (χ1v) is 10.9. The van der Waals surface area contributed by atoms with Gasteiger partial charge in [0.25, 0.3) is 5.91 Å². The zero-order valence-electron chi connectivity index (χ0n) is 18.4. The van der Waals surface area contributed by atoms with Crippen LogP contribution < -0.4 is 5.32 Å². The minimum Gasteiger partial charge on any atom is -0.394 e. The molecule has 1 heterocycles. The van der Waals surface area contributed by atoms with Gasteiger partial charge < -0.3 is 10.4 Å². The average Bonchev–Trinajstić information content (AvgIpc) is 3.21. The molecule has 1 aromatic heterocycles. The molecule has 182 valence electrons. The molecule has 2 N–H and O–H groups in total. The van der Waals surface area contributed by atoms with Crippen LogP contribution in [0.15, 0.2) is 66.9 Å². The van der Waals surface area contributed by atoms with E-state index in [4.69, 9.17) is 11.6 Å². The van der Waals surface area contributed by atoms with E-state index in [0.717, 1.165) is 6.07 Å². The predicted molar refractivity (Wildman–Crippen MR) is 124 cm³/mol. The largest absolute Gasteiger partial charge is 0.394 e. The van der Waals surface area contributed by atoms with E-state index in [0.29, 0.717) is 29.1 Å². The minimum atomic E-state index is -3.68. The fraction of sp³-hybridized carbons (Fsp3) is 0.200. The van der Waals surface area contributed by atoms with E-state index in [1.165, 1.54) is 24.3 Å². The Morgan fingerprint density at radius 1 is 1.06 bits per heavy atom. The molecule has 0 aliphatic carbocycles. The Hall–Kier alpha value is -3.43. The molecule has 5 nitrogen and oxygen atoms in total. The summed E-state index contributed by atoms with van der Waals surface area (Å²) < 4.78 is 56.3. The van der Waals surface area contributed by atoms with Gasteiger partial charge in [-0.25, -0.2) is 13.5 Å². The number of halogens is 5. The summed E-state index contributed by atoms with van der Waals surface area (Å²) in [5, 5.41) is 17.2. The van der Waals surface area contributed by atoms with Crippen LogP contribution in [-0.2, 0) is 4.79 Å². The molecule has 10 heteroatoms. The van der Waals surface area contributed by atoms with Crippen LogP contribution in [0.1, 0.15) is 24.0 Å². The molecule has 0 aliphatic rings. The number of alkyl halides is 2. The molecule has 0 aliphatic heterocycles. The van der Waals surface area contributed by atoms with E-state index in [9.17, 15) is 27.5 Å². The maximum Gasteiger partial charge on any atom is 0.321 e. The highest BCUT2D eigenvalue weighted by Crippen LogP contribution is 2.33. The summed E-state index contributed by atoms with van der Waals surface area (Å²) >= 11 is 6.04. The lowest BCUT2D eigenvalue weighted by Gasteiger charge is -2.29. The second-order valence-electron chi connectivity index (χ2n) is 8.18. The molecule has 0 radical (unpaired) electrons. The molecular formula is C25H20ClF4N3O2. The van der Waals surface area contributed by atoms with Crippen LogP contribution in [0.3, 0.4) is 0 Å². The summed E-state index contributed by atoms with van der Waals surface area (Å²) in [5.74, 6) is -7.23. The summed E-state index contributed by atoms with van der Waals surface area (Å²) in [6, 6.07) is 13.3. The standard InChI is InChI=1S/C25H20ClF4N3O2/c1-25(29,30)24(35)32-21(13-34)23(15-9-17(26)11-19(28)10-15)14-2-7-22-16(8-14)12-31-33(22)20-5-3-18(27)4-6-20/h2-12,21,23,34H,13H2,1H3,(H,32,35). The molecule has 0 spiro atoms. The molecule has 0 bridgehead atoms. The number of nitrogens with one attached hydrogen (secondary N) is 1. The molecule has 0 fully saturated rings. The number of aliphatic hydroxyl groups excluding tert-OH is 1. The number of amides is 1. The average molecular weight is 506 g/mol.